The maximum atomic E-state index is 13.3. The van der Waals surface area contributed by atoms with Crippen molar-refractivity contribution in [2.75, 3.05) is 13.1 Å². The van der Waals surface area contributed by atoms with Crippen LogP contribution in [0.4, 0.5) is 8.78 Å². The molecule has 2 heterocycles. The molecule has 0 bridgehead atoms. The zero-order valence-electron chi connectivity index (χ0n) is 12.9. The summed E-state index contributed by atoms with van der Waals surface area (Å²) in [4.78, 5) is 18.1. The second-order valence-corrected chi connectivity index (χ2v) is 7.43. The van der Waals surface area contributed by atoms with Gasteiger partial charge in [0.2, 0.25) is 11.8 Å². The van der Waals surface area contributed by atoms with Gasteiger partial charge in [0.25, 0.3) is 0 Å². The van der Waals surface area contributed by atoms with E-state index in [0.717, 1.165) is 36.6 Å². The maximum absolute atomic E-state index is 13.3. The number of rotatable bonds is 2. The Morgan fingerprint density at radius 3 is 2.73 bits per heavy atom. The van der Waals surface area contributed by atoms with E-state index in [1.165, 1.54) is 0 Å². The minimum absolute atomic E-state index is 0.0218. The number of halogens is 2. The smallest absolute Gasteiger partial charge is 0.248 e. The van der Waals surface area contributed by atoms with Crippen molar-refractivity contribution >= 4 is 17.2 Å². The molecule has 1 saturated heterocycles. The zero-order chi connectivity index (χ0) is 15.7. The normalized spacial score (nSPS) is 26.1. The molecule has 0 aromatic carbocycles. The highest BCUT2D eigenvalue weighted by Gasteiger charge is 2.36. The molecular weight excluding hydrogens is 306 g/mol. The Morgan fingerprint density at radius 1 is 1.32 bits per heavy atom. The highest BCUT2D eigenvalue weighted by atomic mass is 32.1. The zero-order valence-corrected chi connectivity index (χ0v) is 13.7. The molecule has 22 heavy (non-hydrogen) atoms. The summed E-state index contributed by atoms with van der Waals surface area (Å²) in [6.45, 7) is 3.19. The summed E-state index contributed by atoms with van der Waals surface area (Å²) in [5.41, 5.74) is 0.982. The van der Waals surface area contributed by atoms with Crippen LogP contribution < -0.4 is 0 Å². The second kappa shape index (κ2) is 6.22. The number of amides is 1. The first kappa shape index (κ1) is 15.8. The number of hydrogen-bond acceptors (Lipinski definition) is 3. The number of aromatic nitrogens is 1. The van der Waals surface area contributed by atoms with Gasteiger partial charge >= 0.3 is 0 Å². The fourth-order valence-electron chi connectivity index (χ4n) is 3.48. The minimum atomic E-state index is -2.49. The van der Waals surface area contributed by atoms with E-state index in [9.17, 15) is 13.6 Å². The third-order valence-electron chi connectivity index (χ3n) is 4.89. The van der Waals surface area contributed by atoms with Crippen LogP contribution >= 0.6 is 11.3 Å². The van der Waals surface area contributed by atoms with Gasteiger partial charge in [0.1, 0.15) is 0 Å². The van der Waals surface area contributed by atoms with E-state index in [0.29, 0.717) is 18.8 Å². The van der Waals surface area contributed by atoms with Gasteiger partial charge in [0.05, 0.1) is 10.7 Å². The van der Waals surface area contributed by atoms with Gasteiger partial charge in [-0.25, -0.2) is 13.8 Å². The van der Waals surface area contributed by atoms with E-state index in [-0.39, 0.29) is 24.7 Å². The molecule has 1 aliphatic carbocycles. The summed E-state index contributed by atoms with van der Waals surface area (Å²) in [5.74, 6) is -1.88. The van der Waals surface area contributed by atoms with Crippen LogP contribution in [0.1, 0.15) is 68.0 Å². The first-order valence-corrected chi connectivity index (χ1v) is 8.91. The quantitative estimate of drug-likeness (QED) is 0.816. The summed E-state index contributed by atoms with van der Waals surface area (Å²) in [6.07, 6.45) is 3.08. The lowest BCUT2D eigenvalue weighted by Crippen LogP contribution is -2.37. The average molecular weight is 328 g/mol. The van der Waals surface area contributed by atoms with E-state index >= 15 is 0 Å². The summed E-state index contributed by atoms with van der Waals surface area (Å²) in [7, 11) is 0. The number of piperidine rings is 1. The molecule has 1 atom stereocenters. The Kier molecular flexibility index (Phi) is 4.48. The number of thiazole rings is 1. The molecule has 1 aromatic heterocycles. The topological polar surface area (TPSA) is 33.2 Å². The van der Waals surface area contributed by atoms with Crippen molar-refractivity contribution in [2.24, 2.45) is 0 Å². The van der Waals surface area contributed by atoms with Crippen LogP contribution in [0.25, 0.3) is 0 Å². The Balaban J connectivity index is 1.65. The van der Waals surface area contributed by atoms with Crippen LogP contribution in [0.15, 0.2) is 5.38 Å². The van der Waals surface area contributed by atoms with Gasteiger partial charge in [-0.2, -0.15) is 0 Å². The molecule has 0 radical (unpaired) electrons. The molecule has 3 rings (SSSR count). The molecule has 1 saturated carbocycles. The summed E-state index contributed by atoms with van der Waals surface area (Å²) < 4.78 is 26.5. The Morgan fingerprint density at radius 2 is 2.05 bits per heavy atom. The van der Waals surface area contributed by atoms with Crippen molar-refractivity contribution in [3.05, 3.63) is 16.1 Å². The van der Waals surface area contributed by atoms with E-state index in [4.69, 9.17) is 4.98 Å². The summed E-state index contributed by atoms with van der Waals surface area (Å²) >= 11 is 1.63. The lowest BCUT2D eigenvalue weighted by atomic mass is 9.85. The highest BCUT2D eigenvalue weighted by Crippen LogP contribution is 2.41. The Hall–Kier alpha value is -1.04. The third-order valence-corrected chi connectivity index (χ3v) is 5.92. The van der Waals surface area contributed by atoms with Gasteiger partial charge in [-0.05, 0) is 25.7 Å². The lowest BCUT2D eigenvalue weighted by Gasteiger charge is -2.31. The molecule has 0 spiro atoms. The maximum Gasteiger partial charge on any atom is 0.248 e. The molecular formula is C16H22F2N2OS. The Labute approximate surface area is 133 Å². The number of likely N-dealkylation sites (tertiary alicyclic amines) is 1. The molecule has 122 valence electrons. The van der Waals surface area contributed by atoms with Crippen molar-refractivity contribution < 1.29 is 13.6 Å². The molecule has 1 aliphatic heterocycles. The number of carbonyl (C=O) groups is 1. The predicted molar refractivity (Wildman–Crippen MR) is 82.5 cm³/mol. The molecule has 1 amide bonds. The van der Waals surface area contributed by atoms with E-state index in [1.807, 2.05) is 10.3 Å². The number of carbonyl (C=O) groups excluding carboxylic acids is 1. The van der Waals surface area contributed by atoms with E-state index < -0.39 is 5.92 Å². The molecule has 2 fully saturated rings. The molecule has 0 N–H and O–H groups in total. The largest absolute Gasteiger partial charge is 0.342 e. The van der Waals surface area contributed by atoms with E-state index in [2.05, 4.69) is 0 Å². The minimum Gasteiger partial charge on any atom is -0.342 e. The molecule has 6 heteroatoms. The van der Waals surface area contributed by atoms with Gasteiger partial charge in [-0.1, -0.05) is 0 Å². The first-order chi connectivity index (χ1) is 10.4. The lowest BCUT2D eigenvalue weighted by molar-refractivity contribution is -0.130. The number of alkyl halides is 2. The average Bonchev–Trinajstić information content (AvgIpc) is 2.97. The summed E-state index contributed by atoms with van der Waals surface area (Å²) in [6, 6.07) is 0. The van der Waals surface area contributed by atoms with Crippen LogP contribution in [-0.2, 0) is 4.79 Å². The van der Waals surface area contributed by atoms with Gasteiger partial charge < -0.3 is 4.90 Å². The van der Waals surface area contributed by atoms with Gasteiger partial charge in [-0.3, -0.25) is 4.79 Å². The monoisotopic (exact) mass is 328 g/mol. The van der Waals surface area contributed by atoms with Crippen molar-refractivity contribution in [3.8, 4) is 0 Å². The molecule has 3 nitrogen and oxygen atoms in total. The van der Waals surface area contributed by atoms with Crippen LogP contribution in [0.2, 0.25) is 0 Å². The SMILES string of the molecule is CC(=O)N1CCCC(c2nc(C3CCC(F)(F)CC3)cs2)C1. The second-order valence-electron chi connectivity index (χ2n) is 6.55. The molecule has 1 unspecified atom stereocenters. The van der Waals surface area contributed by atoms with Crippen LogP contribution in [0.5, 0.6) is 0 Å². The van der Waals surface area contributed by atoms with Crippen molar-refractivity contribution in [1.29, 1.82) is 0 Å². The van der Waals surface area contributed by atoms with Gasteiger partial charge in [0, 0.05) is 50.1 Å². The van der Waals surface area contributed by atoms with Gasteiger partial charge in [-0.15, -0.1) is 11.3 Å². The molecule has 2 aliphatic rings. The fourth-order valence-corrected chi connectivity index (χ4v) is 4.51. The number of nitrogens with zero attached hydrogens (tertiary/aromatic N) is 2. The summed E-state index contributed by atoms with van der Waals surface area (Å²) in [5, 5.41) is 3.11. The first-order valence-electron chi connectivity index (χ1n) is 8.03. The van der Waals surface area contributed by atoms with E-state index in [1.54, 1.807) is 18.3 Å². The third kappa shape index (κ3) is 3.47. The van der Waals surface area contributed by atoms with Crippen molar-refractivity contribution in [1.82, 2.24) is 9.88 Å². The fraction of sp³-hybridized carbons (Fsp3) is 0.750. The predicted octanol–water partition coefficient (Wildman–Crippen LogP) is 4.16. The van der Waals surface area contributed by atoms with Crippen LogP contribution in [0.3, 0.4) is 0 Å². The Bertz CT molecular complexity index is 536. The van der Waals surface area contributed by atoms with Crippen LogP contribution in [0, 0.1) is 0 Å². The molecule has 1 aromatic rings. The van der Waals surface area contributed by atoms with Crippen LogP contribution in [-0.4, -0.2) is 34.8 Å². The van der Waals surface area contributed by atoms with Gasteiger partial charge in [0.15, 0.2) is 0 Å². The van der Waals surface area contributed by atoms with Crippen molar-refractivity contribution in [3.63, 3.8) is 0 Å². The highest BCUT2D eigenvalue weighted by molar-refractivity contribution is 7.09. The standard InChI is InChI=1S/C16H22F2N2OS/c1-11(21)20-8-2-3-13(9-20)15-19-14(10-22-15)12-4-6-16(17,18)7-5-12/h10,12-13H,2-9H2,1H3. The number of hydrogen-bond donors (Lipinski definition) is 0. The van der Waals surface area contributed by atoms with Crippen molar-refractivity contribution in [2.45, 2.75) is 63.2 Å².